The summed E-state index contributed by atoms with van der Waals surface area (Å²) in [5.41, 5.74) is 4.15. The summed E-state index contributed by atoms with van der Waals surface area (Å²) < 4.78 is 0. The van der Waals surface area contributed by atoms with Gasteiger partial charge in [-0.05, 0) is 30.8 Å². The van der Waals surface area contributed by atoms with E-state index >= 15 is 0 Å². The topological polar surface area (TPSA) is 37.8 Å². The molecule has 3 heteroatoms. The van der Waals surface area contributed by atoms with Crippen LogP contribution in [0.2, 0.25) is 0 Å². The molecular weight excluding hydrogens is 234 g/mol. The summed E-state index contributed by atoms with van der Waals surface area (Å²) in [4.78, 5) is 9.19. The minimum Gasteiger partial charge on any atom is -0.387 e. The maximum atomic E-state index is 4.67. The number of dihydropyridines is 1. The van der Waals surface area contributed by atoms with Crippen LogP contribution in [0.1, 0.15) is 11.4 Å². The van der Waals surface area contributed by atoms with E-state index in [1.807, 2.05) is 55.6 Å². The van der Waals surface area contributed by atoms with E-state index < -0.39 is 0 Å². The van der Waals surface area contributed by atoms with Gasteiger partial charge in [-0.2, -0.15) is 0 Å². The molecule has 1 aromatic carbocycles. The average Bonchev–Trinajstić information content (AvgIpc) is 2.48. The van der Waals surface area contributed by atoms with Gasteiger partial charge in [0, 0.05) is 17.8 Å². The Morgan fingerprint density at radius 3 is 2.68 bits per heavy atom. The Labute approximate surface area is 112 Å². The first-order valence-electron chi connectivity index (χ1n) is 6.34. The van der Waals surface area contributed by atoms with Gasteiger partial charge >= 0.3 is 0 Å². The van der Waals surface area contributed by atoms with E-state index in [9.17, 15) is 0 Å². The molecule has 0 saturated carbocycles. The van der Waals surface area contributed by atoms with E-state index in [1.165, 1.54) is 0 Å². The molecule has 3 rings (SSSR count). The molecule has 1 aliphatic heterocycles. The lowest BCUT2D eigenvalue weighted by Gasteiger charge is -2.10. The van der Waals surface area contributed by atoms with Crippen LogP contribution in [0.4, 0.5) is 0 Å². The Morgan fingerprint density at radius 1 is 1.11 bits per heavy atom. The van der Waals surface area contributed by atoms with Crippen LogP contribution in [0, 0.1) is 6.92 Å². The van der Waals surface area contributed by atoms with Gasteiger partial charge in [-0.3, -0.25) is 0 Å². The molecule has 94 valence electrons. The number of rotatable bonds is 2. The zero-order valence-corrected chi connectivity index (χ0v) is 10.8. The van der Waals surface area contributed by atoms with Gasteiger partial charge in [0.15, 0.2) is 5.82 Å². The largest absolute Gasteiger partial charge is 0.387 e. The van der Waals surface area contributed by atoms with E-state index in [0.717, 1.165) is 34.9 Å². The predicted molar refractivity (Wildman–Crippen MR) is 77.3 cm³/mol. The first-order chi connectivity index (χ1) is 9.33. The second kappa shape index (κ2) is 5.06. The molecule has 1 aromatic heterocycles. The van der Waals surface area contributed by atoms with Crippen molar-refractivity contribution < 1.29 is 0 Å². The molecule has 1 aliphatic rings. The highest BCUT2D eigenvalue weighted by atomic mass is 14.9. The summed E-state index contributed by atoms with van der Waals surface area (Å²) in [6.45, 7) is 2.85. The Hall–Kier alpha value is -2.42. The molecule has 2 heterocycles. The summed E-state index contributed by atoms with van der Waals surface area (Å²) in [5, 5.41) is 3.15. The first kappa shape index (κ1) is 11.7. The zero-order chi connectivity index (χ0) is 13.1. The number of hydrogen-bond acceptors (Lipinski definition) is 3. The van der Waals surface area contributed by atoms with Crippen molar-refractivity contribution in [1.82, 2.24) is 15.3 Å². The fourth-order valence-electron chi connectivity index (χ4n) is 2.08. The van der Waals surface area contributed by atoms with E-state index in [1.54, 1.807) is 0 Å². The molecule has 3 nitrogen and oxygen atoms in total. The highest BCUT2D eigenvalue weighted by Gasteiger charge is 2.08. The smallest absolute Gasteiger partial charge is 0.160 e. The van der Waals surface area contributed by atoms with Crippen molar-refractivity contribution in [2.24, 2.45) is 0 Å². The molecule has 0 saturated heterocycles. The van der Waals surface area contributed by atoms with Gasteiger partial charge in [0.25, 0.3) is 0 Å². The van der Waals surface area contributed by atoms with Crippen LogP contribution in [0.15, 0.2) is 54.8 Å². The van der Waals surface area contributed by atoms with Crippen LogP contribution in [0.25, 0.3) is 17.0 Å². The fourth-order valence-corrected chi connectivity index (χ4v) is 2.08. The molecular formula is C16H15N3. The number of nitrogens with zero attached hydrogens (tertiary/aromatic N) is 2. The minimum absolute atomic E-state index is 0.781. The third kappa shape index (κ3) is 2.55. The number of aryl methyl sites for hydroxylation is 1. The molecule has 0 atom stereocenters. The Morgan fingerprint density at radius 2 is 1.95 bits per heavy atom. The molecule has 0 fully saturated rings. The van der Waals surface area contributed by atoms with Crippen LogP contribution in [-0.2, 0) is 0 Å². The van der Waals surface area contributed by atoms with Gasteiger partial charge in [-0.1, -0.05) is 36.4 Å². The van der Waals surface area contributed by atoms with E-state index in [0.29, 0.717) is 0 Å². The van der Waals surface area contributed by atoms with Crippen molar-refractivity contribution in [1.29, 1.82) is 0 Å². The molecule has 0 radical (unpaired) electrons. The SMILES string of the molecule is Cc1cc(C2=CCNC=C2)nc(-c2ccccc2)n1. The lowest BCUT2D eigenvalue weighted by molar-refractivity contribution is 0.972. The Bertz CT molecular complexity index is 642. The number of allylic oxidation sites excluding steroid dienone is 2. The van der Waals surface area contributed by atoms with Crippen LogP contribution < -0.4 is 5.32 Å². The van der Waals surface area contributed by atoms with Gasteiger partial charge in [-0.15, -0.1) is 0 Å². The standard InChI is InChI=1S/C16H15N3/c1-12-11-15(13-7-9-17-10-8-13)19-16(18-12)14-5-3-2-4-6-14/h2-9,11,17H,10H2,1H3. The maximum absolute atomic E-state index is 4.67. The van der Waals surface area contributed by atoms with Crippen molar-refractivity contribution in [2.75, 3.05) is 6.54 Å². The molecule has 19 heavy (non-hydrogen) atoms. The van der Waals surface area contributed by atoms with Gasteiger partial charge < -0.3 is 5.32 Å². The molecule has 0 amide bonds. The highest BCUT2D eigenvalue weighted by Crippen LogP contribution is 2.20. The Kier molecular flexibility index (Phi) is 3.11. The van der Waals surface area contributed by atoms with Crippen molar-refractivity contribution >= 4 is 5.57 Å². The quantitative estimate of drug-likeness (QED) is 0.889. The predicted octanol–water partition coefficient (Wildman–Crippen LogP) is 2.95. The normalized spacial score (nSPS) is 13.8. The number of nitrogens with one attached hydrogen (secondary N) is 1. The second-order valence-corrected chi connectivity index (χ2v) is 4.49. The lowest BCUT2D eigenvalue weighted by atomic mass is 10.1. The number of aromatic nitrogens is 2. The number of benzene rings is 1. The third-order valence-corrected chi connectivity index (χ3v) is 3.00. The van der Waals surface area contributed by atoms with Crippen molar-refractivity contribution in [3.63, 3.8) is 0 Å². The fraction of sp³-hybridized carbons (Fsp3) is 0.125. The maximum Gasteiger partial charge on any atom is 0.160 e. The average molecular weight is 249 g/mol. The zero-order valence-electron chi connectivity index (χ0n) is 10.8. The van der Waals surface area contributed by atoms with E-state index in [4.69, 9.17) is 0 Å². The van der Waals surface area contributed by atoms with Crippen LogP contribution in [0.3, 0.4) is 0 Å². The van der Waals surface area contributed by atoms with Gasteiger partial charge in [-0.25, -0.2) is 9.97 Å². The molecule has 0 bridgehead atoms. The number of hydrogen-bond donors (Lipinski definition) is 1. The second-order valence-electron chi connectivity index (χ2n) is 4.49. The Balaban J connectivity index is 2.06. The summed E-state index contributed by atoms with van der Waals surface area (Å²) in [6.07, 6.45) is 6.13. The summed E-state index contributed by atoms with van der Waals surface area (Å²) in [6, 6.07) is 12.1. The summed E-state index contributed by atoms with van der Waals surface area (Å²) in [7, 11) is 0. The van der Waals surface area contributed by atoms with Crippen molar-refractivity contribution in [3.05, 3.63) is 66.1 Å². The van der Waals surface area contributed by atoms with Crippen molar-refractivity contribution in [3.8, 4) is 11.4 Å². The molecule has 2 aromatic rings. The van der Waals surface area contributed by atoms with Crippen molar-refractivity contribution in [2.45, 2.75) is 6.92 Å². The van der Waals surface area contributed by atoms with E-state index in [-0.39, 0.29) is 0 Å². The highest BCUT2D eigenvalue weighted by molar-refractivity contribution is 5.73. The molecule has 0 unspecified atom stereocenters. The van der Waals surface area contributed by atoms with Crippen LogP contribution in [0.5, 0.6) is 0 Å². The summed E-state index contributed by atoms with van der Waals surface area (Å²) >= 11 is 0. The lowest BCUT2D eigenvalue weighted by Crippen LogP contribution is -2.09. The first-order valence-corrected chi connectivity index (χ1v) is 6.34. The third-order valence-electron chi connectivity index (χ3n) is 3.00. The van der Waals surface area contributed by atoms with Gasteiger partial charge in [0.2, 0.25) is 0 Å². The molecule has 1 N–H and O–H groups in total. The molecule has 0 spiro atoms. The van der Waals surface area contributed by atoms with E-state index in [2.05, 4.69) is 21.4 Å². The molecule has 0 aliphatic carbocycles. The van der Waals surface area contributed by atoms with Crippen LogP contribution in [-0.4, -0.2) is 16.5 Å². The van der Waals surface area contributed by atoms with Crippen LogP contribution >= 0.6 is 0 Å². The summed E-state index contributed by atoms with van der Waals surface area (Å²) in [5.74, 6) is 0.781. The van der Waals surface area contributed by atoms with Gasteiger partial charge in [0.05, 0.1) is 5.69 Å². The van der Waals surface area contributed by atoms with Gasteiger partial charge in [0.1, 0.15) is 0 Å². The monoisotopic (exact) mass is 249 g/mol. The minimum atomic E-state index is 0.781.